The van der Waals surface area contributed by atoms with E-state index in [2.05, 4.69) is 40.8 Å². The zero-order chi connectivity index (χ0) is 30.8. The minimum atomic E-state index is -3.20. The van der Waals surface area contributed by atoms with Crippen LogP contribution >= 0.6 is 0 Å². The monoisotopic (exact) mass is 613 g/mol. The summed E-state index contributed by atoms with van der Waals surface area (Å²) in [6, 6.07) is 5.68. The number of amides is 1. The van der Waals surface area contributed by atoms with Gasteiger partial charge in [-0.1, -0.05) is 6.07 Å². The zero-order valence-corrected chi connectivity index (χ0v) is 23.4. The van der Waals surface area contributed by atoms with Crippen molar-refractivity contribution in [3.8, 4) is 17.0 Å². The number of likely N-dealkylation sites (tertiary alicyclic amines) is 1. The van der Waals surface area contributed by atoms with Crippen molar-refractivity contribution in [2.75, 3.05) is 18.9 Å². The number of rotatable bonds is 11. The highest BCUT2D eigenvalue weighted by atomic mass is 19.3. The van der Waals surface area contributed by atoms with Crippen molar-refractivity contribution in [1.82, 2.24) is 49.5 Å². The molecule has 1 N–H and O–H groups in total. The van der Waals surface area contributed by atoms with Crippen molar-refractivity contribution >= 4 is 17.2 Å². The first-order chi connectivity index (χ1) is 21.2. The van der Waals surface area contributed by atoms with Gasteiger partial charge < -0.3 is 15.0 Å². The van der Waals surface area contributed by atoms with Crippen molar-refractivity contribution < 1.29 is 27.1 Å². The largest absolute Gasteiger partial charge is 0.434 e. The molecule has 0 bridgehead atoms. The second kappa shape index (κ2) is 12.4. The Labute approximate surface area is 247 Å². The predicted octanol–water partition coefficient (Wildman–Crippen LogP) is 3.38. The number of fused-ring (bicyclic) bond motifs is 1. The van der Waals surface area contributed by atoms with Gasteiger partial charge in [0.15, 0.2) is 11.5 Å². The van der Waals surface area contributed by atoms with Gasteiger partial charge in [0.25, 0.3) is 5.91 Å². The van der Waals surface area contributed by atoms with Crippen LogP contribution in [0.15, 0.2) is 49.1 Å². The minimum absolute atomic E-state index is 0.00882. The van der Waals surface area contributed by atoms with Crippen molar-refractivity contribution in [3.05, 3.63) is 66.0 Å². The molecule has 1 atom stereocenters. The molecule has 13 nitrogen and oxygen atoms in total. The molecule has 4 aromatic heterocycles. The third-order valence-electron chi connectivity index (χ3n) is 7.28. The van der Waals surface area contributed by atoms with Crippen LogP contribution in [0.5, 0.6) is 5.75 Å². The molecule has 0 aliphatic carbocycles. The van der Waals surface area contributed by atoms with E-state index in [1.807, 2.05) is 7.05 Å². The summed E-state index contributed by atoms with van der Waals surface area (Å²) < 4.78 is 60.7. The average Bonchev–Trinajstić information content (AvgIpc) is 3.78. The number of carbonyl (C=O) groups is 1. The van der Waals surface area contributed by atoms with Crippen molar-refractivity contribution in [2.24, 2.45) is 0 Å². The van der Waals surface area contributed by atoms with Crippen LogP contribution in [0.3, 0.4) is 0 Å². The van der Waals surface area contributed by atoms with Crippen LogP contribution in [0.25, 0.3) is 16.9 Å². The Balaban J connectivity index is 1.35. The average molecular weight is 614 g/mol. The van der Waals surface area contributed by atoms with Gasteiger partial charge in [-0.25, -0.2) is 18.3 Å². The molecule has 1 aliphatic rings. The second-order valence-corrected chi connectivity index (χ2v) is 10.3. The van der Waals surface area contributed by atoms with Crippen molar-refractivity contribution in [1.29, 1.82) is 0 Å². The standard InChI is InChI=1S/C27H27F4N11O2/c1-39-8-2-4-17(39)13-42-36-23(35-38-42)15-40-14-20(34-26(43)19-12-33-41-9-3-7-32-25(19)41)24(37-40)18-10-16(11-22(28)29)5-6-21(18)44-27(30)31/h3,5-7,9-10,12,14,17,22,27H,2,4,8,11,13,15H2,1H3,(H,34,43)/t17-/m0/s1. The van der Waals surface area contributed by atoms with Gasteiger partial charge in [-0.3, -0.25) is 9.48 Å². The van der Waals surface area contributed by atoms with Crippen LogP contribution in [0, 0.1) is 0 Å². The lowest BCUT2D eigenvalue weighted by atomic mass is 10.0. The number of tetrazole rings is 1. The third-order valence-corrected chi connectivity index (χ3v) is 7.28. The van der Waals surface area contributed by atoms with E-state index in [1.54, 1.807) is 12.3 Å². The molecule has 0 saturated carbocycles. The van der Waals surface area contributed by atoms with Gasteiger partial charge in [0.2, 0.25) is 6.43 Å². The first kappa shape index (κ1) is 29.2. The molecule has 17 heteroatoms. The Morgan fingerprint density at radius 1 is 1.20 bits per heavy atom. The second-order valence-electron chi connectivity index (χ2n) is 10.3. The Bertz CT molecular complexity index is 1770. The number of benzene rings is 1. The minimum Gasteiger partial charge on any atom is -0.434 e. The molecule has 5 aromatic rings. The number of hydrogen-bond donors (Lipinski definition) is 1. The normalized spacial score (nSPS) is 15.6. The number of hydrogen-bond acceptors (Lipinski definition) is 9. The fourth-order valence-corrected chi connectivity index (χ4v) is 5.20. The fraction of sp³-hybridized carbons (Fsp3) is 0.370. The van der Waals surface area contributed by atoms with Gasteiger partial charge >= 0.3 is 6.61 Å². The number of halogens is 4. The van der Waals surface area contributed by atoms with E-state index >= 15 is 0 Å². The molecule has 6 rings (SSSR count). The van der Waals surface area contributed by atoms with Crippen LogP contribution < -0.4 is 10.1 Å². The van der Waals surface area contributed by atoms with Crippen molar-refractivity contribution in [2.45, 2.75) is 51.4 Å². The maximum absolute atomic E-state index is 13.4. The van der Waals surface area contributed by atoms with Crippen LogP contribution in [-0.4, -0.2) is 88.1 Å². The first-order valence-electron chi connectivity index (χ1n) is 13.7. The number of nitrogens with one attached hydrogen (secondary N) is 1. The molecule has 1 fully saturated rings. The zero-order valence-electron chi connectivity index (χ0n) is 23.4. The lowest BCUT2D eigenvalue weighted by Gasteiger charge is -2.17. The van der Waals surface area contributed by atoms with Crippen LogP contribution in [0.2, 0.25) is 0 Å². The quantitative estimate of drug-likeness (QED) is 0.223. The van der Waals surface area contributed by atoms with Gasteiger partial charge in [-0.05, 0) is 55.4 Å². The fourth-order valence-electron chi connectivity index (χ4n) is 5.20. The molecule has 5 heterocycles. The summed E-state index contributed by atoms with van der Waals surface area (Å²) in [6.07, 6.45) is 4.73. The number of anilines is 1. The van der Waals surface area contributed by atoms with E-state index in [1.165, 1.54) is 50.8 Å². The SMILES string of the molecule is CN1CCC[C@H]1Cn1nnc(Cn2cc(NC(=O)c3cnn4cccnc34)c(-c3cc(CC(F)F)ccc3OC(F)F)n2)n1. The molecular formula is C27H27F4N11O2. The summed E-state index contributed by atoms with van der Waals surface area (Å²) in [6.45, 7) is -1.62. The van der Waals surface area contributed by atoms with E-state index in [9.17, 15) is 22.4 Å². The maximum Gasteiger partial charge on any atom is 0.387 e. The molecule has 1 amide bonds. The number of alkyl halides is 4. The predicted molar refractivity (Wildman–Crippen MR) is 148 cm³/mol. The Morgan fingerprint density at radius 2 is 2.07 bits per heavy atom. The summed E-state index contributed by atoms with van der Waals surface area (Å²) in [7, 11) is 2.04. The smallest absolute Gasteiger partial charge is 0.387 e. The summed E-state index contributed by atoms with van der Waals surface area (Å²) in [5, 5.41) is 24.1. The lowest BCUT2D eigenvalue weighted by Crippen LogP contribution is -2.30. The molecular weight excluding hydrogens is 586 g/mol. The first-order valence-corrected chi connectivity index (χ1v) is 13.7. The summed E-state index contributed by atoms with van der Waals surface area (Å²) in [5.41, 5.74) is 0.677. The molecule has 1 aliphatic heterocycles. The van der Waals surface area contributed by atoms with E-state index in [0.29, 0.717) is 18.4 Å². The van der Waals surface area contributed by atoms with Gasteiger partial charge in [0.05, 0.1) is 18.4 Å². The van der Waals surface area contributed by atoms with E-state index < -0.39 is 25.4 Å². The molecule has 44 heavy (non-hydrogen) atoms. The van der Waals surface area contributed by atoms with Crippen LogP contribution in [0.4, 0.5) is 23.2 Å². The van der Waals surface area contributed by atoms with Crippen LogP contribution in [-0.2, 0) is 19.5 Å². The highest BCUT2D eigenvalue weighted by molar-refractivity contribution is 6.09. The van der Waals surface area contributed by atoms with Crippen LogP contribution in [0.1, 0.15) is 34.6 Å². The van der Waals surface area contributed by atoms with E-state index in [-0.39, 0.29) is 46.0 Å². The molecule has 0 spiro atoms. The van der Waals surface area contributed by atoms with Gasteiger partial charge in [0.1, 0.15) is 23.6 Å². The van der Waals surface area contributed by atoms with E-state index in [4.69, 9.17) is 4.74 Å². The van der Waals surface area contributed by atoms with Gasteiger partial charge in [-0.2, -0.15) is 23.8 Å². The molecule has 0 unspecified atom stereocenters. The number of aromatic nitrogens is 9. The molecule has 0 radical (unpaired) electrons. The van der Waals surface area contributed by atoms with Gasteiger partial charge in [-0.15, -0.1) is 10.2 Å². The Hall–Kier alpha value is -4.93. The Kier molecular flexibility index (Phi) is 8.19. The summed E-state index contributed by atoms with van der Waals surface area (Å²) in [4.78, 5) is 21.3. The summed E-state index contributed by atoms with van der Waals surface area (Å²) >= 11 is 0. The maximum atomic E-state index is 13.4. The number of likely N-dealkylation sites (N-methyl/N-ethyl adjacent to an activating group) is 1. The molecule has 230 valence electrons. The van der Waals surface area contributed by atoms with Crippen molar-refractivity contribution in [3.63, 3.8) is 0 Å². The lowest BCUT2D eigenvalue weighted by molar-refractivity contribution is -0.0494. The Morgan fingerprint density at radius 3 is 2.84 bits per heavy atom. The topological polar surface area (TPSA) is 133 Å². The van der Waals surface area contributed by atoms with Gasteiger partial charge in [0, 0.05) is 36.6 Å². The number of ether oxygens (including phenoxy) is 1. The highest BCUT2D eigenvalue weighted by Gasteiger charge is 2.24. The highest BCUT2D eigenvalue weighted by Crippen LogP contribution is 2.36. The molecule has 1 aromatic carbocycles. The number of carbonyl (C=O) groups excluding carboxylic acids is 1. The summed E-state index contributed by atoms with van der Waals surface area (Å²) in [5.74, 6) is -0.592. The third kappa shape index (κ3) is 6.36. The van der Waals surface area contributed by atoms with E-state index in [0.717, 1.165) is 19.4 Å². The molecule has 1 saturated heterocycles. The number of nitrogens with zero attached hydrogens (tertiary/aromatic N) is 10.